The maximum absolute atomic E-state index is 13.5. The number of hydrogen-bond acceptors (Lipinski definition) is 9. The van der Waals surface area contributed by atoms with Crippen LogP contribution in [-0.2, 0) is 7.05 Å². The Morgan fingerprint density at radius 2 is 0.617 bits per heavy atom. The molecule has 4 aromatic heterocycles. The zero-order valence-electron chi connectivity index (χ0n) is 24.5. The van der Waals surface area contributed by atoms with E-state index in [1.807, 2.05) is 0 Å². The second kappa shape index (κ2) is 9.37. The molecule has 13 nitrogen and oxygen atoms in total. The number of benzene rings is 4. The Morgan fingerprint density at radius 1 is 0.383 bits per heavy atom. The number of fused-ring (bicyclic) bond motifs is 4. The molecule has 1 N–H and O–H groups in total. The second-order valence-electron chi connectivity index (χ2n) is 11.2. The van der Waals surface area contributed by atoms with E-state index >= 15 is 0 Å². The third-order valence-corrected chi connectivity index (χ3v) is 8.77. The molecular formula is C34H19N5O8. The van der Waals surface area contributed by atoms with Crippen molar-refractivity contribution in [3.05, 3.63) is 156 Å². The lowest BCUT2D eigenvalue weighted by Gasteiger charge is -2.04. The molecule has 0 unspecified atom stereocenters. The van der Waals surface area contributed by atoms with Crippen molar-refractivity contribution in [1.29, 1.82) is 0 Å². The molecular weight excluding hydrogens is 606 g/mol. The van der Waals surface area contributed by atoms with E-state index in [4.69, 9.17) is 0 Å². The van der Waals surface area contributed by atoms with Crippen LogP contribution in [0.2, 0.25) is 0 Å². The van der Waals surface area contributed by atoms with E-state index in [0.29, 0.717) is 5.69 Å². The first-order chi connectivity index (χ1) is 22.5. The SMILES string of the molecule is CNc1ccc(-n2c(=O)c3cc4c(=O)n(-c5ccc(-n6c(=O)c7cc8c(=O)n(C)c(=O)c8cc7c6=O)cc5)c(=O)c4cc3c2=O)cc1. The van der Waals surface area contributed by atoms with Gasteiger partial charge in [-0.3, -0.25) is 42.9 Å². The van der Waals surface area contributed by atoms with Crippen molar-refractivity contribution in [3.63, 3.8) is 0 Å². The topological polar surface area (TPSA) is 168 Å². The van der Waals surface area contributed by atoms with Gasteiger partial charge in [-0.25, -0.2) is 13.7 Å². The molecule has 228 valence electrons. The molecule has 47 heavy (non-hydrogen) atoms. The molecule has 0 aliphatic rings. The molecule has 0 amide bonds. The van der Waals surface area contributed by atoms with E-state index < -0.39 is 44.5 Å². The second-order valence-corrected chi connectivity index (χ2v) is 11.2. The van der Waals surface area contributed by atoms with Gasteiger partial charge in [-0.1, -0.05) is 0 Å². The highest BCUT2D eigenvalue weighted by Crippen LogP contribution is 2.20. The number of hydrogen-bond donors (Lipinski definition) is 1. The van der Waals surface area contributed by atoms with Gasteiger partial charge in [0.1, 0.15) is 0 Å². The van der Waals surface area contributed by atoms with Gasteiger partial charge in [-0.2, -0.15) is 0 Å². The van der Waals surface area contributed by atoms with Crippen molar-refractivity contribution in [2.24, 2.45) is 7.05 Å². The molecule has 13 heteroatoms. The Bertz CT molecular complexity index is 2950. The molecule has 0 saturated heterocycles. The normalized spacial score (nSPS) is 11.9. The molecule has 0 fully saturated rings. The molecule has 0 aliphatic carbocycles. The van der Waals surface area contributed by atoms with Crippen molar-refractivity contribution in [2.75, 3.05) is 12.4 Å². The summed E-state index contributed by atoms with van der Waals surface area (Å²) in [6, 6.07) is 17.1. The highest BCUT2D eigenvalue weighted by atomic mass is 16.2. The molecule has 8 rings (SSSR count). The first kappa shape index (κ1) is 27.8. The van der Waals surface area contributed by atoms with E-state index in [1.165, 1.54) is 55.6 Å². The average molecular weight is 626 g/mol. The van der Waals surface area contributed by atoms with Gasteiger partial charge in [0.05, 0.1) is 60.2 Å². The molecule has 4 heterocycles. The fourth-order valence-electron chi connectivity index (χ4n) is 6.30. The van der Waals surface area contributed by atoms with E-state index in [1.54, 1.807) is 31.3 Å². The summed E-state index contributed by atoms with van der Waals surface area (Å²) < 4.78 is 3.66. The molecule has 0 radical (unpaired) electrons. The van der Waals surface area contributed by atoms with Crippen LogP contribution in [0.15, 0.2) is 111 Å². The first-order valence-corrected chi connectivity index (χ1v) is 14.2. The quantitative estimate of drug-likeness (QED) is 0.296. The Hall–Kier alpha value is -6.76. The van der Waals surface area contributed by atoms with Crippen LogP contribution >= 0.6 is 0 Å². The van der Waals surface area contributed by atoms with E-state index in [0.717, 1.165) is 24.0 Å². The van der Waals surface area contributed by atoms with Gasteiger partial charge in [0.2, 0.25) is 0 Å². The predicted octanol–water partition coefficient (Wildman–Crippen LogP) is 0.684. The number of aromatic nitrogens is 4. The van der Waals surface area contributed by atoms with Crippen molar-refractivity contribution >= 4 is 48.8 Å². The molecule has 8 aromatic rings. The summed E-state index contributed by atoms with van der Waals surface area (Å²) >= 11 is 0. The summed E-state index contributed by atoms with van der Waals surface area (Å²) in [5.41, 5.74) is -3.86. The van der Waals surface area contributed by atoms with E-state index in [-0.39, 0.29) is 54.5 Å². The van der Waals surface area contributed by atoms with Crippen LogP contribution in [0, 0.1) is 0 Å². The van der Waals surface area contributed by atoms with Crippen LogP contribution < -0.4 is 49.8 Å². The summed E-state index contributed by atoms with van der Waals surface area (Å²) in [5.74, 6) is 0. The molecule has 0 saturated carbocycles. The summed E-state index contributed by atoms with van der Waals surface area (Å²) in [7, 11) is 3.05. The van der Waals surface area contributed by atoms with Crippen molar-refractivity contribution in [1.82, 2.24) is 18.3 Å². The number of nitrogens with one attached hydrogen (secondary N) is 1. The highest BCUT2D eigenvalue weighted by molar-refractivity contribution is 5.99. The third-order valence-electron chi connectivity index (χ3n) is 8.77. The number of nitrogens with zero attached hydrogens (tertiary/aromatic N) is 4. The third kappa shape index (κ3) is 3.58. The summed E-state index contributed by atoms with van der Waals surface area (Å²) in [6.07, 6.45) is 0. The van der Waals surface area contributed by atoms with E-state index in [2.05, 4.69) is 5.32 Å². The Kier molecular flexibility index (Phi) is 5.54. The monoisotopic (exact) mass is 625 g/mol. The predicted molar refractivity (Wildman–Crippen MR) is 178 cm³/mol. The fraction of sp³-hybridized carbons (Fsp3) is 0.0588. The number of anilines is 1. The van der Waals surface area contributed by atoms with E-state index in [9.17, 15) is 38.4 Å². The molecule has 4 aromatic carbocycles. The summed E-state index contributed by atoms with van der Waals surface area (Å²) in [6.45, 7) is 0. The summed E-state index contributed by atoms with van der Waals surface area (Å²) in [4.78, 5) is 105. The molecule has 0 atom stereocenters. The largest absolute Gasteiger partial charge is 0.388 e. The van der Waals surface area contributed by atoms with Crippen molar-refractivity contribution < 1.29 is 0 Å². The Morgan fingerprint density at radius 3 is 0.872 bits per heavy atom. The maximum atomic E-state index is 13.5. The minimum absolute atomic E-state index is 0.00330. The van der Waals surface area contributed by atoms with Crippen LogP contribution in [0.25, 0.3) is 60.2 Å². The zero-order chi connectivity index (χ0) is 33.0. The van der Waals surface area contributed by atoms with Crippen LogP contribution in [0.1, 0.15) is 0 Å². The highest BCUT2D eigenvalue weighted by Gasteiger charge is 2.22. The van der Waals surface area contributed by atoms with Crippen molar-refractivity contribution in [3.8, 4) is 17.1 Å². The zero-order valence-corrected chi connectivity index (χ0v) is 24.5. The van der Waals surface area contributed by atoms with Gasteiger partial charge in [0, 0.05) is 19.8 Å². The summed E-state index contributed by atoms with van der Waals surface area (Å²) in [5, 5.41) is 2.87. The lowest BCUT2D eigenvalue weighted by Crippen LogP contribution is -2.25. The van der Waals surface area contributed by atoms with Gasteiger partial charge in [-0.15, -0.1) is 0 Å². The van der Waals surface area contributed by atoms with Gasteiger partial charge < -0.3 is 5.32 Å². The standard InChI is InChI=1S/C34H19N5O8/c1-35-15-3-5-16(6-4-15)37-31(44)23-13-25-26(14-24(23)32(37)45)34(47)39(33(25)46)18-9-7-17(8-10-18)38-29(42)21-11-19-20(12-22(21)30(38)43)28(41)36(2)27(19)40/h3-14,35H,1-2H3. The molecule has 0 spiro atoms. The minimum atomic E-state index is -0.716. The fourth-order valence-corrected chi connectivity index (χ4v) is 6.30. The smallest absolute Gasteiger partial charge is 0.266 e. The van der Waals surface area contributed by atoms with Gasteiger partial charge in [-0.05, 0) is 72.8 Å². The first-order valence-electron chi connectivity index (χ1n) is 14.2. The van der Waals surface area contributed by atoms with Gasteiger partial charge in [0.15, 0.2) is 0 Å². The lowest BCUT2D eigenvalue weighted by atomic mass is 10.1. The average Bonchev–Trinajstić information content (AvgIpc) is 3.66. The maximum Gasteiger partial charge on any atom is 0.266 e. The lowest BCUT2D eigenvalue weighted by molar-refractivity contribution is 0.856. The van der Waals surface area contributed by atoms with Crippen LogP contribution in [0.4, 0.5) is 5.69 Å². The van der Waals surface area contributed by atoms with Crippen LogP contribution in [-0.4, -0.2) is 25.3 Å². The van der Waals surface area contributed by atoms with Crippen LogP contribution in [0.5, 0.6) is 0 Å². The Labute approximate surface area is 259 Å². The van der Waals surface area contributed by atoms with Crippen LogP contribution in [0.3, 0.4) is 0 Å². The van der Waals surface area contributed by atoms with Crippen molar-refractivity contribution in [2.45, 2.75) is 0 Å². The number of rotatable bonds is 4. The molecule has 0 bridgehead atoms. The minimum Gasteiger partial charge on any atom is -0.388 e. The Balaban J connectivity index is 1.24. The van der Waals surface area contributed by atoms with Gasteiger partial charge in [0.25, 0.3) is 44.5 Å². The molecule has 0 aliphatic heterocycles. The van der Waals surface area contributed by atoms with Gasteiger partial charge >= 0.3 is 0 Å².